The maximum absolute atomic E-state index is 4.79. The molecule has 0 radical (unpaired) electrons. The van der Waals surface area contributed by atoms with Crippen LogP contribution in [0.5, 0.6) is 0 Å². The summed E-state index contributed by atoms with van der Waals surface area (Å²) in [6.45, 7) is 0. The van der Waals surface area contributed by atoms with Crippen LogP contribution in [0.3, 0.4) is 0 Å². The summed E-state index contributed by atoms with van der Waals surface area (Å²) in [6.07, 6.45) is 9.67. The molecule has 1 aliphatic heterocycles. The number of rotatable bonds is 3. The molecule has 1 saturated carbocycles. The molecule has 1 aromatic rings. The van der Waals surface area contributed by atoms with Crippen LogP contribution in [0.15, 0.2) is 41.4 Å². The lowest BCUT2D eigenvalue weighted by Gasteiger charge is -1.97. The van der Waals surface area contributed by atoms with Crippen molar-refractivity contribution in [3.63, 3.8) is 0 Å². The fourth-order valence-electron chi connectivity index (χ4n) is 2.29. The first-order valence-corrected chi connectivity index (χ1v) is 6.21. The summed E-state index contributed by atoms with van der Waals surface area (Å²) >= 11 is 0. The van der Waals surface area contributed by atoms with Crippen LogP contribution in [-0.2, 0) is 0 Å². The van der Waals surface area contributed by atoms with Gasteiger partial charge in [-0.15, -0.1) is 0 Å². The zero-order valence-corrected chi connectivity index (χ0v) is 9.47. The maximum atomic E-state index is 4.79. The van der Waals surface area contributed by atoms with Gasteiger partial charge in [0, 0.05) is 5.71 Å². The molecule has 1 aromatic carbocycles. The minimum atomic E-state index is 0.441. The second kappa shape index (κ2) is 4.25. The van der Waals surface area contributed by atoms with Crippen LogP contribution in [0.1, 0.15) is 31.2 Å². The van der Waals surface area contributed by atoms with Crippen molar-refractivity contribution in [1.29, 1.82) is 0 Å². The van der Waals surface area contributed by atoms with Gasteiger partial charge in [-0.3, -0.25) is 4.99 Å². The molecule has 1 heterocycles. The van der Waals surface area contributed by atoms with E-state index in [1.807, 2.05) is 0 Å². The number of hydrogen-bond acceptors (Lipinski definition) is 1. The van der Waals surface area contributed by atoms with Crippen molar-refractivity contribution in [3.05, 3.63) is 42.0 Å². The summed E-state index contributed by atoms with van der Waals surface area (Å²) in [4.78, 5) is 4.79. The molecule has 1 aliphatic carbocycles. The lowest BCUT2D eigenvalue weighted by atomic mass is 10.1. The van der Waals surface area contributed by atoms with Crippen LogP contribution >= 0.6 is 0 Å². The molecular weight excluding hydrogens is 194 g/mol. The van der Waals surface area contributed by atoms with Crippen LogP contribution < -0.4 is 0 Å². The summed E-state index contributed by atoms with van der Waals surface area (Å²) < 4.78 is 0. The Balaban J connectivity index is 1.65. The molecule has 1 nitrogen and oxygen atoms in total. The van der Waals surface area contributed by atoms with E-state index in [4.69, 9.17) is 4.99 Å². The van der Waals surface area contributed by atoms with E-state index in [0.29, 0.717) is 6.04 Å². The molecule has 0 N–H and O–H groups in total. The summed E-state index contributed by atoms with van der Waals surface area (Å²) in [7, 11) is 0. The van der Waals surface area contributed by atoms with E-state index in [2.05, 4.69) is 42.5 Å². The second-order valence-corrected chi connectivity index (χ2v) is 4.77. The van der Waals surface area contributed by atoms with Crippen molar-refractivity contribution in [2.45, 2.75) is 31.7 Å². The van der Waals surface area contributed by atoms with Crippen molar-refractivity contribution in [3.8, 4) is 0 Å². The quantitative estimate of drug-likeness (QED) is 0.722. The topological polar surface area (TPSA) is 12.4 Å². The first-order valence-electron chi connectivity index (χ1n) is 6.21. The standard InChI is InChI=1S/C15H17N/c1-2-4-12(5-3-1)6-9-14-10-11-15(16-14)13-7-8-13/h1-6,9,13-14H,7-8,10-11H2/b9-6+. The van der Waals surface area contributed by atoms with Crippen LogP contribution in [-0.4, -0.2) is 11.8 Å². The van der Waals surface area contributed by atoms with E-state index >= 15 is 0 Å². The largest absolute Gasteiger partial charge is 0.286 e. The molecule has 0 spiro atoms. The van der Waals surface area contributed by atoms with Crippen molar-refractivity contribution in [2.24, 2.45) is 10.9 Å². The Hall–Kier alpha value is -1.37. The molecule has 0 aromatic heterocycles. The van der Waals surface area contributed by atoms with E-state index in [1.165, 1.54) is 37.0 Å². The molecule has 0 saturated heterocycles. The predicted octanol–water partition coefficient (Wildman–Crippen LogP) is 3.71. The second-order valence-electron chi connectivity index (χ2n) is 4.77. The highest BCUT2D eigenvalue weighted by Crippen LogP contribution is 2.35. The van der Waals surface area contributed by atoms with Gasteiger partial charge in [-0.05, 0) is 37.2 Å². The Morgan fingerprint density at radius 1 is 1.06 bits per heavy atom. The highest BCUT2D eigenvalue weighted by atomic mass is 14.8. The number of benzene rings is 1. The number of nitrogens with zero attached hydrogens (tertiary/aromatic N) is 1. The van der Waals surface area contributed by atoms with Gasteiger partial charge >= 0.3 is 0 Å². The van der Waals surface area contributed by atoms with Gasteiger partial charge in [-0.25, -0.2) is 0 Å². The Bertz CT molecular complexity index is 412. The van der Waals surface area contributed by atoms with Crippen molar-refractivity contribution in [1.82, 2.24) is 0 Å². The molecule has 82 valence electrons. The molecule has 0 bridgehead atoms. The summed E-state index contributed by atoms with van der Waals surface area (Å²) in [5.74, 6) is 0.857. The number of hydrogen-bond donors (Lipinski definition) is 0. The normalized spacial score (nSPS) is 25.0. The van der Waals surface area contributed by atoms with Gasteiger partial charge in [-0.1, -0.05) is 42.5 Å². The SMILES string of the molecule is C(=C\C1CCC(C2CC2)=N1)/c1ccccc1. The lowest BCUT2D eigenvalue weighted by Crippen LogP contribution is -1.93. The third-order valence-corrected chi connectivity index (χ3v) is 3.39. The van der Waals surface area contributed by atoms with E-state index in [1.54, 1.807) is 0 Å². The molecule has 1 unspecified atom stereocenters. The zero-order valence-electron chi connectivity index (χ0n) is 9.47. The third-order valence-electron chi connectivity index (χ3n) is 3.39. The van der Waals surface area contributed by atoms with Crippen molar-refractivity contribution in [2.75, 3.05) is 0 Å². The Kier molecular flexibility index (Phi) is 2.61. The van der Waals surface area contributed by atoms with E-state index < -0.39 is 0 Å². The molecule has 0 amide bonds. The molecule has 3 rings (SSSR count). The van der Waals surface area contributed by atoms with Crippen LogP contribution in [0.2, 0.25) is 0 Å². The van der Waals surface area contributed by atoms with Gasteiger partial charge in [0.2, 0.25) is 0 Å². The van der Waals surface area contributed by atoms with Gasteiger partial charge in [-0.2, -0.15) is 0 Å². The van der Waals surface area contributed by atoms with Gasteiger partial charge in [0.05, 0.1) is 6.04 Å². The average Bonchev–Trinajstić information content (AvgIpc) is 3.08. The highest BCUT2D eigenvalue weighted by Gasteiger charge is 2.30. The predicted molar refractivity (Wildman–Crippen MR) is 68.7 cm³/mol. The smallest absolute Gasteiger partial charge is 0.0686 e. The van der Waals surface area contributed by atoms with Gasteiger partial charge < -0.3 is 0 Å². The Morgan fingerprint density at radius 3 is 2.62 bits per heavy atom. The fraction of sp³-hybridized carbons (Fsp3) is 0.400. The lowest BCUT2D eigenvalue weighted by molar-refractivity contribution is 0.810. The fourth-order valence-corrected chi connectivity index (χ4v) is 2.29. The van der Waals surface area contributed by atoms with E-state index in [-0.39, 0.29) is 0 Å². The van der Waals surface area contributed by atoms with Crippen molar-refractivity contribution < 1.29 is 0 Å². The molecule has 16 heavy (non-hydrogen) atoms. The monoisotopic (exact) mass is 211 g/mol. The van der Waals surface area contributed by atoms with Gasteiger partial charge in [0.1, 0.15) is 0 Å². The molecule has 1 fully saturated rings. The van der Waals surface area contributed by atoms with Crippen molar-refractivity contribution >= 4 is 11.8 Å². The van der Waals surface area contributed by atoms with E-state index in [9.17, 15) is 0 Å². The van der Waals surface area contributed by atoms with Gasteiger partial charge in [0.15, 0.2) is 0 Å². The van der Waals surface area contributed by atoms with Crippen LogP contribution in [0.4, 0.5) is 0 Å². The molecule has 2 aliphatic rings. The Labute approximate surface area is 96.9 Å². The minimum Gasteiger partial charge on any atom is -0.286 e. The van der Waals surface area contributed by atoms with Crippen LogP contribution in [0.25, 0.3) is 6.08 Å². The summed E-state index contributed by atoms with van der Waals surface area (Å²) in [5, 5.41) is 0. The van der Waals surface area contributed by atoms with Crippen LogP contribution in [0, 0.1) is 5.92 Å². The first-order chi connectivity index (χ1) is 7.92. The highest BCUT2D eigenvalue weighted by molar-refractivity contribution is 5.90. The summed E-state index contributed by atoms with van der Waals surface area (Å²) in [5.41, 5.74) is 2.76. The first kappa shape index (κ1) is 9.83. The molecular formula is C15H17N. The maximum Gasteiger partial charge on any atom is 0.0686 e. The summed E-state index contributed by atoms with van der Waals surface area (Å²) in [6, 6.07) is 10.9. The zero-order chi connectivity index (χ0) is 10.8. The molecule has 1 heteroatoms. The van der Waals surface area contributed by atoms with Gasteiger partial charge in [0.25, 0.3) is 0 Å². The minimum absolute atomic E-state index is 0.441. The molecule has 1 atom stereocenters. The number of aliphatic imine (C=N–C) groups is 1. The Morgan fingerprint density at radius 2 is 1.88 bits per heavy atom. The average molecular weight is 211 g/mol. The third kappa shape index (κ3) is 2.24. The van der Waals surface area contributed by atoms with E-state index in [0.717, 1.165) is 5.92 Å².